The first-order valence-corrected chi connectivity index (χ1v) is 9.63. The highest BCUT2D eigenvalue weighted by molar-refractivity contribution is 5.80. The topological polar surface area (TPSA) is 103 Å². The van der Waals surface area contributed by atoms with Gasteiger partial charge in [0.15, 0.2) is 0 Å². The number of aromatic nitrogens is 6. The molecule has 5 rings (SSSR count). The molecule has 29 heavy (non-hydrogen) atoms. The monoisotopic (exact) mass is 389 g/mol. The summed E-state index contributed by atoms with van der Waals surface area (Å²) in [6, 6.07) is 9.34. The third-order valence-electron chi connectivity index (χ3n) is 5.12. The molecule has 4 aromatic rings. The number of likely N-dealkylation sites (tertiary alicyclic amines) is 1. The van der Waals surface area contributed by atoms with E-state index in [0.717, 1.165) is 48.1 Å². The Morgan fingerprint density at radius 3 is 2.72 bits per heavy atom. The quantitative estimate of drug-likeness (QED) is 0.517. The highest BCUT2D eigenvalue weighted by Crippen LogP contribution is 2.24. The van der Waals surface area contributed by atoms with Crippen LogP contribution >= 0.6 is 0 Å². The van der Waals surface area contributed by atoms with Gasteiger partial charge in [-0.3, -0.25) is 9.78 Å². The molecule has 9 heteroatoms. The molecule has 1 aliphatic rings. The van der Waals surface area contributed by atoms with Gasteiger partial charge in [0, 0.05) is 43.0 Å². The number of hydrogen-bond donors (Lipinski definition) is 0. The van der Waals surface area contributed by atoms with Crippen molar-refractivity contribution in [2.45, 2.75) is 25.8 Å². The molecule has 0 radical (unpaired) electrons. The van der Waals surface area contributed by atoms with Crippen molar-refractivity contribution in [1.29, 1.82) is 0 Å². The molecule has 3 aromatic heterocycles. The van der Waals surface area contributed by atoms with Crippen molar-refractivity contribution < 1.29 is 9.32 Å². The first kappa shape index (κ1) is 17.5. The number of hydrogen-bond acceptors (Lipinski definition) is 7. The van der Waals surface area contributed by atoms with E-state index in [9.17, 15) is 4.79 Å². The molecular formula is C20H19N7O2. The molecule has 1 saturated heterocycles. The number of carbonyl (C=O) groups excluding carboxylic acids is 1. The van der Waals surface area contributed by atoms with Crippen LogP contribution in [0.25, 0.3) is 33.9 Å². The fourth-order valence-corrected chi connectivity index (χ4v) is 3.56. The van der Waals surface area contributed by atoms with Gasteiger partial charge in [-0.1, -0.05) is 10.4 Å². The van der Waals surface area contributed by atoms with Crippen LogP contribution in [-0.4, -0.2) is 54.0 Å². The second-order valence-corrected chi connectivity index (χ2v) is 7.01. The van der Waals surface area contributed by atoms with Crippen LogP contribution in [-0.2, 0) is 11.3 Å². The Hall–Kier alpha value is -3.62. The SMILES string of the molecule is O=C(CCn1nnc2cc(-c3noc(-c4ccncc4)n3)ccc21)N1CCCC1. The van der Waals surface area contributed by atoms with Gasteiger partial charge in [0.1, 0.15) is 5.52 Å². The summed E-state index contributed by atoms with van der Waals surface area (Å²) in [5.74, 6) is 1.10. The molecule has 0 saturated carbocycles. The van der Waals surface area contributed by atoms with E-state index in [0.29, 0.717) is 24.7 Å². The lowest BCUT2D eigenvalue weighted by Crippen LogP contribution is -2.28. The summed E-state index contributed by atoms with van der Waals surface area (Å²) in [5.41, 5.74) is 3.21. The number of amides is 1. The van der Waals surface area contributed by atoms with Crippen LogP contribution in [0.4, 0.5) is 0 Å². The number of rotatable bonds is 5. The number of carbonyl (C=O) groups is 1. The zero-order valence-electron chi connectivity index (χ0n) is 15.7. The second-order valence-electron chi connectivity index (χ2n) is 7.01. The van der Waals surface area contributed by atoms with Crippen LogP contribution in [0, 0.1) is 0 Å². The van der Waals surface area contributed by atoms with Crippen molar-refractivity contribution in [1.82, 2.24) is 35.0 Å². The molecule has 0 bridgehead atoms. The van der Waals surface area contributed by atoms with Crippen LogP contribution in [0.15, 0.2) is 47.2 Å². The number of nitrogens with zero attached hydrogens (tertiary/aromatic N) is 7. The van der Waals surface area contributed by atoms with Crippen molar-refractivity contribution in [2.24, 2.45) is 0 Å². The van der Waals surface area contributed by atoms with Gasteiger partial charge in [0.2, 0.25) is 11.7 Å². The first-order valence-electron chi connectivity index (χ1n) is 9.63. The smallest absolute Gasteiger partial charge is 0.258 e. The number of fused-ring (bicyclic) bond motifs is 1. The molecule has 0 aliphatic carbocycles. The minimum atomic E-state index is 0.179. The third-order valence-corrected chi connectivity index (χ3v) is 5.12. The van der Waals surface area contributed by atoms with Gasteiger partial charge in [0.05, 0.1) is 12.1 Å². The van der Waals surface area contributed by atoms with Crippen molar-refractivity contribution in [3.63, 3.8) is 0 Å². The fourth-order valence-electron chi connectivity index (χ4n) is 3.56. The molecule has 4 heterocycles. The van der Waals surface area contributed by atoms with Crippen molar-refractivity contribution in [3.05, 3.63) is 42.7 Å². The Morgan fingerprint density at radius 1 is 1.07 bits per heavy atom. The van der Waals surface area contributed by atoms with Crippen molar-refractivity contribution in [3.8, 4) is 22.8 Å². The fraction of sp³-hybridized carbons (Fsp3) is 0.300. The molecule has 1 amide bonds. The van der Waals surface area contributed by atoms with Gasteiger partial charge < -0.3 is 9.42 Å². The standard InChI is InChI=1S/C20H19N7O2/c28-18(26-10-1-2-11-26)7-12-27-17-4-3-15(13-16(17)23-25-27)19-22-20(29-24-19)14-5-8-21-9-6-14/h3-6,8-9,13H,1-2,7,10-12H2. The maximum atomic E-state index is 12.3. The Bertz CT molecular complexity index is 1150. The summed E-state index contributed by atoms with van der Waals surface area (Å²) in [7, 11) is 0. The van der Waals surface area contributed by atoms with Crippen molar-refractivity contribution in [2.75, 3.05) is 13.1 Å². The van der Waals surface area contributed by atoms with Crippen LogP contribution in [0.5, 0.6) is 0 Å². The van der Waals surface area contributed by atoms with E-state index in [1.165, 1.54) is 0 Å². The molecule has 0 atom stereocenters. The number of benzene rings is 1. The summed E-state index contributed by atoms with van der Waals surface area (Å²) in [6.45, 7) is 2.25. The highest BCUT2D eigenvalue weighted by atomic mass is 16.5. The maximum Gasteiger partial charge on any atom is 0.258 e. The van der Waals surface area contributed by atoms with Crippen LogP contribution in [0.1, 0.15) is 19.3 Å². The molecule has 1 fully saturated rings. The lowest BCUT2D eigenvalue weighted by molar-refractivity contribution is -0.130. The van der Waals surface area contributed by atoms with Crippen LogP contribution < -0.4 is 0 Å². The van der Waals surface area contributed by atoms with Gasteiger partial charge >= 0.3 is 0 Å². The summed E-state index contributed by atoms with van der Waals surface area (Å²) >= 11 is 0. The van der Waals surface area contributed by atoms with E-state index in [4.69, 9.17) is 4.52 Å². The van der Waals surface area contributed by atoms with E-state index in [1.807, 2.05) is 35.2 Å². The average molecular weight is 389 g/mol. The largest absolute Gasteiger partial charge is 0.343 e. The van der Waals surface area contributed by atoms with Crippen LogP contribution in [0.2, 0.25) is 0 Å². The lowest BCUT2D eigenvalue weighted by Gasteiger charge is -2.14. The van der Waals surface area contributed by atoms with E-state index < -0.39 is 0 Å². The number of pyridine rings is 1. The minimum Gasteiger partial charge on any atom is -0.343 e. The van der Waals surface area contributed by atoms with E-state index in [1.54, 1.807) is 17.1 Å². The minimum absolute atomic E-state index is 0.179. The predicted octanol–water partition coefficient (Wildman–Crippen LogP) is 2.56. The van der Waals surface area contributed by atoms with Gasteiger partial charge in [-0.05, 0) is 43.2 Å². The molecule has 0 spiro atoms. The summed E-state index contributed by atoms with van der Waals surface area (Å²) < 4.78 is 7.13. The Labute approximate surface area is 166 Å². The third kappa shape index (κ3) is 3.46. The maximum absolute atomic E-state index is 12.3. The molecule has 146 valence electrons. The lowest BCUT2D eigenvalue weighted by atomic mass is 10.2. The Morgan fingerprint density at radius 2 is 1.90 bits per heavy atom. The Balaban J connectivity index is 1.34. The molecule has 0 unspecified atom stereocenters. The summed E-state index contributed by atoms with van der Waals surface area (Å²) in [4.78, 5) is 22.6. The van der Waals surface area contributed by atoms with Gasteiger partial charge in [-0.15, -0.1) is 5.10 Å². The van der Waals surface area contributed by atoms with E-state index in [-0.39, 0.29) is 5.91 Å². The molecule has 9 nitrogen and oxygen atoms in total. The van der Waals surface area contributed by atoms with Gasteiger partial charge in [-0.25, -0.2) is 4.68 Å². The van der Waals surface area contributed by atoms with E-state index in [2.05, 4.69) is 25.4 Å². The predicted molar refractivity (Wildman–Crippen MR) is 104 cm³/mol. The van der Waals surface area contributed by atoms with Crippen molar-refractivity contribution >= 4 is 16.9 Å². The number of aryl methyl sites for hydroxylation is 1. The average Bonchev–Trinajstić information content (AvgIpc) is 3.53. The summed E-state index contributed by atoms with van der Waals surface area (Å²) in [5, 5.41) is 12.5. The van der Waals surface area contributed by atoms with Crippen LogP contribution in [0.3, 0.4) is 0 Å². The molecule has 1 aliphatic heterocycles. The van der Waals surface area contributed by atoms with Gasteiger partial charge in [0.25, 0.3) is 5.89 Å². The first-order chi connectivity index (χ1) is 14.3. The Kier molecular flexibility index (Phi) is 4.47. The normalized spacial score (nSPS) is 14.0. The second kappa shape index (κ2) is 7.42. The highest BCUT2D eigenvalue weighted by Gasteiger charge is 2.18. The summed E-state index contributed by atoms with van der Waals surface area (Å²) in [6.07, 6.45) is 5.98. The molecule has 0 N–H and O–H groups in total. The van der Waals surface area contributed by atoms with Gasteiger partial charge in [-0.2, -0.15) is 4.98 Å². The van der Waals surface area contributed by atoms with E-state index >= 15 is 0 Å². The molecular weight excluding hydrogens is 370 g/mol. The zero-order chi connectivity index (χ0) is 19.6. The zero-order valence-corrected chi connectivity index (χ0v) is 15.7. The molecule has 1 aromatic carbocycles.